The zero-order chi connectivity index (χ0) is 13.0. The maximum absolute atomic E-state index is 12.0. The van der Waals surface area contributed by atoms with Gasteiger partial charge >= 0.3 is 0 Å². The molecular weight excluding hydrogens is 228 g/mol. The summed E-state index contributed by atoms with van der Waals surface area (Å²) in [5.74, 6) is 0. The van der Waals surface area contributed by atoms with Crippen LogP contribution in [0.3, 0.4) is 0 Å². The Morgan fingerprint density at radius 1 is 1.44 bits per heavy atom. The fraction of sp³-hybridized carbons (Fsp3) is 0.692. The van der Waals surface area contributed by atoms with E-state index in [1.165, 1.54) is 12.8 Å². The number of aromatic nitrogens is 2. The minimum absolute atomic E-state index is 0.00250. The molecule has 1 fully saturated rings. The average molecular weight is 250 g/mol. The summed E-state index contributed by atoms with van der Waals surface area (Å²) in [7, 11) is 1.93. The van der Waals surface area contributed by atoms with Gasteiger partial charge in [-0.05, 0) is 33.2 Å². The Labute approximate surface area is 108 Å². The molecule has 18 heavy (non-hydrogen) atoms. The highest BCUT2D eigenvalue weighted by atomic mass is 16.1. The van der Waals surface area contributed by atoms with Crippen LogP contribution < -0.4 is 15.8 Å². The summed E-state index contributed by atoms with van der Waals surface area (Å²) in [5.41, 5.74) is 0.970. The van der Waals surface area contributed by atoms with Crippen molar-refractivity contribution in [1.82, 2.24) is 15.1 Å². The van der Waals surface area contributed by atoms with E-state index in [1.54, 1.807) is 10.7 Å². The molecule has 1 aliphatic heterocycles. The van der Waals surface area contributed by atoms with Crippen molar-refractivity contribution in [1.29, 1.82) is 0 Å². The zero-order valence-corrected chi connectivity index (χ0v) is 11.2. The third-order valence-corrected chi connectivity index (χ3v) is 3.59. The van der Waals surface area contributed by atoms with Crippen molar-refractivity contribution in [3.63, 3.8) is 0 Å². The Morgan fingerprint density at radius 3 is 2.78 bits per heavy atom. The van der Waals surface area contributed by atoms with Crippen LogP contribution in [0.2, 0.25) is 0 Å². The number of hydrogen-bond acceptors (Lipinski definition) is 4. The van der Waals surface area contributed by atoms with E-state index in [2.05, 4.69) is 22.2 Å². The molecule has 1 unspecified atom stereocenters. The smallest absolute Gasteiger partial charge is 0.268 e. The molecule has 2 rings (SSSR count). The van der Waals surface area contributed by atoms with Gasteiger partial charge in [-0.25, -0.2) is 4.68 Å². The summed E-state index contributed by atoms with van der Waals surface area (Å²) in [6, 6.07) is 2.11. The maximum Gasteiger partial charge on any atom is 0.268 e. The van der Waals surface area contributed by atoms with Gasteiger partial charge in [0.2, 0.25) is 0 Å². The highest BCUT2D eigenvalue weighted by molar-refractivity contribution is 5.43. The Balaban J connectivity index is 2.03. The van der Waals surface area contributed by atoms with E-state index < -0.39 is 0 Å². The molecule has 0 aromatic carbocycles. The molecule has 1 aromatic rings. The average Bonchev–Trinajstić information content (AvgIpc) is 2.90. The van der Waals surface area contributed by atoms with Gasteiger partial charge in [0.05, 0.1) is 11.9 Å². The molecule has 1 saturated heterocycles. The molecule has 5 heteroatoms. The van der Waals surface area contributed by atoms with Crippen LogP contribution in [0, 0.1) is 0 Å². The van der Waals surface area contributed by atoms with E-state index in [9.17, 15) is 4.79 Å². The van der Waals surface area contributed by atoms with Crippen LogP contribution >= 0.6 is 0 Å². The summed E-state index contributed by atoms with van der Waals surface area (Å²) >= 11 is 0. The van der Waals surface area contributed by atoms with Crippen LogP contribution in [0.25, 0.3) is 0 Å². The molecule has 0 spiro atoms. The largest absolute Gasteiger partial charge is 0.370 e. The Kier molecular flexibility index (Phi) is 4.36. The minimum Gasteiger partial charge on any atom is -0.370 e. The summed E-state index contributed by atoms with van der Waals surface area (Å²) in [5, 5.41) is 7.42. The van der Waals surface area contributed by atoms with Gasteiger partial charge in [0, 0.05) is 31.7 Å². The third kappa shape index (κ3) is 3.10. The summed E-state index contributed by atoms with van der Waals surface area (Å²) < 4.78 is 1.55. The molecule has 100 valence electrons. The molecule has 1 N–H and O–H groups in total. The normalized spacial score (nSPS) is 17.1. The molecule has 1 atom stereocenters. The molecule has 0 amide bonds. The van der Waals surface area contributed by atoms with E-state index >= 15 is 0 Å². The standard InChI is InChI=1S/C13H22N4O/c1-11(14-2)5-8-17-13(18)9-12(10-15-17)16-6-3-4-7-16/h9-11,14H,3-8H2,1-2H3. The molecule has 5 nitrogen and oxygen atoms in total. The van der Waals surface area contributed by atoms with E-state index in [4.69, 9.17) is 0 Å². The number of anilines is 1. The Bertz CT molecular complexity index is 437. The van der Waals surface area contributed by atoms with Crippen molar-refractivity contribution in [3.8, 4) is 0 Å². The lowest BCUT2D eigenvalue weighted by Crippen LogP contribution is -2.29. The van der Waals surface area contributed by atoms with Crippen LogP contribution in [-0.2, 0) is 6.54 Å². The molecule has 1 aliphatic rings. The van der Waals surface area contributed by atoms with Gasteiger partial charge in [0.25, 0.3) is 5.56 Å². The first-order valence-electron chi connectivity index (χ1n) is 6.70. The van der Waals surface area contributed by atoms with Crippen LogP contribution in [0.5, 0.6) is 0 Å². The SMILES string of the molecule is CNC(C)CCn1ncc(N2CCCC2)cc1=O. The highest BCUT2D eigenvalue weighted by Gasteiger charge is 2.13. The van der Waals surface area contributed by atoms with E-state index in [-0.39, 0.29) is 5.56 Å². The first-order valence-corrected chi connectivity index (χ1v) is 6.70. The van der Waals surface area contributed by atoms with Crippen LogP contribution in [0.4, 0.5) is 5.69 Å². The minimum atomic E-state index is 0.00250. The maximum atomic E-state index is 12.0. The topological polar surface area (TPSA) is 50.2 Å². The number of hydrogen-bond donors (Lipinski definition) is 1. The van der Waals surface area contributed by atoms with Crippen LogP contribution in [0.1, 0.15) is 26.2 Å². The molecule has 1 aromatic heterocycles. The number of nitrogens with zero attached hydrogens (tertiary/aromatic N) is 3. The molecule has 2 heterocycles. The Morgan fingerprint density at radius 2 is 2.17 bits per heavy atom. The second-order valence-corrected chi connectivity index (χ2v) is 4.95. The van der Waals surface area contributed by atoms with Crippen LogP contribution in [0.15, 0.2) is 17.1 Å². The van der Waals surface area contributed by atoms with Gasteiger partial charge in [-0.15, -0.1) is 0 Å². The van der Waals surface area contributed by atoms with E-state index in [0.29, 0.717) is 12.6 Å². The van der Waals surface area contributed by atoms with Gasteiger partial charge in [-0.3, -0.25) is 4.79 Å². The quantitative estimate of drug-likeness (QED) is 0.841. The lowest BCUT2D eigenvalue weighted by molar-refractivity contribution is 0.471. The molecule has 0 bridgehead atoms. The lowest BCUT2D eigenvalue weighted by atomic mass is 10.2. The van der Waals surface area contributed by atoms with Gasteiger partial charge in [0.15, 0.2) is 0 Å². The predicted molar refractivity (Wildman–Crippen MR) is 73.1 cm³/mol. The fourth-order valence-corrected chi connectivity index (χ4v) is 2.20. The highest BCUT2D eigenvalue weighted by Crippen LogP contribution is 2.16. The van der Waals surface area contributed by atoms with Crippen molar-refractivity contribution in [2.45, 2.75) is 38.8 Å². The van der Waals surface area contributed by atoms with Gasteiger partial charge in [-0.1, -0.05) is 0 Å². The van der Waals surface area contributed by atoms with Gasteiger partial charge in [-0.2, -0.15) is 5.10 Å². The number of nitrogens with one attached hydrogen (secondary N) is 1. The first-order chi connectivity index (χ1) is 8.70. The number of rotatable bonds is 5. The molecule has 0 radical (unpaired) electrons. The van der Waals surface area contributed by atoms with E-state index in [0.717, 1.165) is 25.2 Å². The van der Waals surface area contributed by atoms with Crippen molar-refractivity contribution in [2.24, 2.45) is 0 Å². The van der Waals surface area contributed by atoms with Crippen molar-refractivity contribution >= 4 is 5.69 Å². The Hall–Kier alpha value is -1.36. The predicted octanol–water partition coefficient (Wildman–Crippen LogP) is 0.841. The summed E-state index contributed by atoms with van der Waals surface area (Å²) in [6.45, 7) is 4.86. The summed E-state index contributed by atoms with van der Waals surface area (Å²) in [4.78, 5) is 14.2. The first kappa shape index (κ1) is 13.1. The molecule has 0 aliphatic carbocycles. The molecular formula is C13H22N4O. The summed E-state index contributed by atoms with van der Waals surface area (Å²) in [6.07, 6.45) is 5.15. The monoisotopic (exact) mass is 250 g/mol. The van der Waals surface area contributed by atoms with Crippen LogP contribution in [-0.4, -0.2) is 36.0 Å². The zero-order valence-electron chi connectivity index (χ0n) is 11.2. The van der Waals surface area contributed by atoms with Crippen molar-refractivity contribution in [3.05, 3.63) is 22.6 Å². The van der Waals surface area contributed by atoms with Gasteiger partial charge < -0.3 is 10.2 Å². The lowest BCUT2D eigenvalue weighted by Gasteiger charge is -2.17. The van der Waals surface area contributed by atoms with Crippen molar-refractivity contribution in [2.75, 3.05) is 25.0 Å². The van der Waals surface area contributed by atoms with Gasteiger partial charge in [0.1, 0.15) is 0 Å². The van der Waals surface area contributed by atoms with Crippen molar-refractivity contribution < 1.29 is 0 Å². The van der Waals surface area contributed by atoms with E-state index in [1.807, 2.05) is 13.2 Å². The third-order valence-electron chi connectivity index (χ3n) is 3.59. The fourth-order valence-electron chi connectivity index (χ4n) is 2.20. The number of aryl methyl sites for hydroxylation is 1. The second-order valence-electron chi connectivity index (χ2n) is 4.95. The molecule has 0 saturated carbocycles. The second kappa shape index (κ2) is 6.00.